The van der Waals surface area contributed by atoms with E-state index in [4.69, 9.17) is 5.73 Å². The number of rotatable bonds is 9. The summed E-state index contributed by atoms with van der Waals surface area (Å²) in [6, 6.07) is 15.7. The van der Waals surface area contributed by atoms with Gasteiger partial charge in [-0.25, -0.2) is 0 Å². The van der Waals surface area contributed by atoms with Gasteiger partial charge in [0.2, 0.25) is 0 Å². The van der Waals surface area contributed by atoms with Crippen molar-refractivity contribution in [1.82, 2.24) is 0 Å². The summed E-state index contributed by atoms with van der Waals surface area (Å²) in [5.41, 5.74) is 12.5. The molecule has 0 aliphatic carbocycles. The normalized spacial score (nSPS) is 10.8. The van der Waals surface area contributed by atoms with E-state index in [2.05, 4.69) is 80.0 Å². The zero-order valence-electron chi connectivity index (χ0n) is 16.3. The largest absolute Gasteiger partial charge is 0.372 e. The van der Waals surface area contributed by atoms with Crippen molar-refractivity contribution in [3.8, 4) is 0 Å². The van der Waals surface area contributed by atoms with Gasteiger partial charge in [0.1, 0.15) is 0 Å². The summed E-state index contributed by atoms with van der Waals surface area (Å²) in [6.07, 6.45) is 0.934. The molecule has 3 heteroatoms. The van der Waals surface area contributed by atoms with Crippen molar-refractivity contribution in [2.75, 3.05) is 36.0 Å². The lowest BCUT2D eigenvalue weighted by Gasteiger charge is -2.23. The summed E-state index contributed by atoms with van der Waals surface area (Å²) >= 11 is 0. The standard InChI is InChI=1S/C22H33N3/c1-5-24(6-2)21-12-9-18(10-13-21)15-19-11-14-22(16-20(19)17-23)25(7-3)8-4/h9-14,16H,5-8,15,17,23H2,1-4H3. The number of anilines is 2. The molecule has 0 atom stereocenters. The zero-order chi connectivity index (χ0) is 18.2. The molecule has 0 unspecified atom stereocenters. The van der Waals surface area contributed by atoms with Crippen molar-refractivity contribution < 1.29 is 0 Å². The summed E-state index contributed by atoms with van der Waals surface area (Å²) in [7, 11) is 0. The molecule has 2 aromatic rings. The van der Waals surface area contributed by atoms with Crippen molar-refractivity contribution in [3.63, 3.8) is 0 Å². The molecule has 0 aromatic heterocycles. The van der Waals surface area contributed by atoms with Crippen LogP contribution in [0.4, 0.5) is 11.4 Å². The second-order valence-corrected chi connectivity index (χ2v) is 6.34. The minimum atomic E-state index is 0.585. The summed E-state index contributed by atoms with van der Waals surface area (Å²) in [5.74, 6) is 0. The van der Waals surface area contributed by atoms with E-state index in [1.165, 1.54) is 28.1 Å². The van der Waals surface area contributed by atoms with Gasteiger partial charge in [-0.1, -0.05) is 18.2 Å². The first-order valence-corrected chi connectivity index (χ1v) is 9.57. The molecule has 136 valence electrons. The maximum absolute atomic E-state index is 6.03. The Bertz CT molecular complexity index is 641. The molecule has 2 N–H and O–H groups in total. The van der Waals surface area contributed by atoms with Crippen molar-refractivity contribution in [2.24, 2.45) is 5.73 Å². The molecule has 0 aliphatic rings. The molecule has 25 heavy (non-hydrogen) atoms. The monoisotopic (exact) mass is 339 g/mol. The first-order valence-electron chi connectivity index (χ1n) is 9.57. The maximum Gasteiger partial charge on any atom is 0.0369 e. The van der Waals surface area contributed by atoms with Crippen LogP contribution >= 0.6 is 0 Å². The molecular formula is C22H33N3. The van der Waals surface area contributed by atoms with Gasteiger partial charge in [0, 0.05) is 44.1 Å². The Balaban J connectivity index is 2.19. The fourth-order valence-corrected chi connectivity index (χ4v) is 3.39. The predicted octanol–water partition coefficient (Wildman–Crippen LogP) is 4.43. The molecule has 2 rings (SSSR count). The van der Waals surface area contributed by atoms with Crippen molar-refractivity contribution in [3.05, 3.63) is 59.2 Å². The number of hydrogen-bond donors (Lipinski definition) is 1. The van der Waals surface area contributed by atoms with Gasteiger partial charge in [0.15, 0.2) is 0 Å². The topological polar surface area (TPSA) is 32.5 Å². The van der Waals surface area contributed by atoms with Gasteiger partial charge < -0.3 is 15.5 Å². The molecule has 0 saturated carbocycles. The highest BCUT2D eigenvalue weighted by molar-refractivity contribution is 5.53. The zero-order valence-corrected chi connectivity index (χ0v) is 16.3. The highest BCUT2D eigenvalue weighted by Crippen LogP contribution is 2.23. The predicted molar refractivity (Wildman–Crippen MR) is 111 cm³/mol. The number of nitrogens with zero attached hydrogens (tertiary/aromatic N) is 2. The molecule has 0 radical (unpaired) electrons. The van der Waals surface area contributed by atoms with E-state index in [0.717, 1.165) is 32.6 Å². The minimum Gasteiger partial charge on any atom is -0.372 e. The fourth-order valence-electron chi connectivity index (χ4n) is 3.39. The first-order chi connectivity index (χ1) is 12.2. The quantitative estimate of drug-likeness (QED) is 0.733. The average molecular weight is 340 g/mol. The van der Waals surface area contributed by atoms with Gasteiger partial charge in [-0.2, -0.15) is 0 Å². The van der Waals surface area contributed by atoms with E-state index < -0.39 is 0 Å². The summed E-state index contributed by atoms with van der Waals surface area (Å²) in [4.78, 5) is 4.73. The molecular weight excluding hydrogens is 306 g/mol. The summed E-state index contributed by atoms with van der Waals surface area (Å²) in [5, 5.41) is 0. The van der Waals surface area contributed by atoms with Crippen molar-refractivity contribution in [2.45, 2.75) is 40.7 Å². The van der Waals surface area contributed by atoms with Crippen LogP contribution < -0.4 is 15.5 Å². The molecule has 0 fully saturated rings. The van der Waals surface area contributed by atoms with Crippen LogP contribution in [-0.4, -0.2) is 26.2 Å². The Hall–Kier alpha value is -2.00. The van der Waals surface area contributed by atoms with Crippen LogP contribution in [0.1, 0.15) is 44.4 Å². The third-order valence-electron chi connectivity index (χ3n) is 5.00. The molecule has 0 aliphatic heterocycles. The van der Waals surface area contributed by atoms with Gasteiger partial charge in [0.05, 0.1) is 0 Å². The highest BCUT2D eigenvalue weighted by Gasteiger charge is 2.08. The SMILES string of the molecule is CCN(CC)c1ccc(Cc2ccc(N(CC)CC)cc2CN)cc1. The molecule has 0 spiro atoms. The Morgan fingerprint density at radius 1 is 0.680 bits per heavy atom. The Morgan fingerprint density at radius 3 is 1.72 bits per heavy atom. The second kappa shape index (κ2) is 9.47. The Labute approximate surface area is 153 Å². The smallest absolute Gasteiger partial charge is 0.0369 e. The molecule has 0 amide bonds. The van der Waals surface area contributed by atoms with Crippen LogP contribution in [0.5, 0.6) is 0 Å². The first kappa shape index (κ1) is 19.3. The fraction of sp³-hybridized carbons (Fsp3) is 0.455. The van der Waals surface area contributed by atoms with Gasteiger partial charge in [-0.3, -0.25) is 0 Å². The lowest BCUT2D eigenvalue weighted by atomic mass is 9.98. The lowest BCUT2D eigenvalue weighted by molar-refractivity contribution is 0.862. The van der Waals surface area contributed by atoms with E-state index in [0.29, 0.717) is 6.54 Å². The van der Waals surface area contributed by atoms with E-state index in [1.54, 1.807) is 0 Å². The van der Waals surface area contributed by atoms with Crippen LogP contribution in [0.3, 0.4) is 0 Å². The van der Waals surface area contributed by atoms with E-state index in [-0.39, 0.29) is 0 Å². The summed E-state index contributed by atoms with van der Waals surface area (Å²) < 4.78 is 0. The highest BCUT2D eigenvalue weighted by atomic mass is 15.1. The molecule has 3 nitrogen and oxygen atoms in total. The average Bonchev–Trinajstić information content (AvgIpc) is 2.66. The molecule has 0 bridgehead atoms. The Kier molecular flexibility index (Phi) is 7.32. The number of nitrogens with two attached hydrogens (primary N) is 1. The van der Waals surface area contributed by atoms with Crippen LogP contribution in [0, 0.1) is 0 Å². The third-order valence-corrected chi connectivity index (χ3v) is 5.00. The van der Waals surface area contributed by atoms with E-state index in [1.807, 2.05) is 0 Å². The van der Waals surface area contributed by atoms with Gasteiger partial charge in [0.25, 0.3) is 0 Å². The second-order valence-electron chi connectivity index (χ2n) is 6.34. The van der Waals surface area contributed by atoms with Crippen LogP contribution in [0.25, 0.3) is 0 Å². The van der Waals surface area contributed by atoms with Crippen molar-refractivity contribution in [1.29, 1.82) is 0 Å². The van der Waals surface area contributed by atoms with Crippen LogP contribution in [0.2, 0.25) is 0 Å². The lowest BCUT2D eigenvalue weighted by Crippen LogP contribution is -2.22. The van der Waals surface area contributed by atoms with Gasteiger partial charge >= 0.3 is 0 Å². The number of benzene rings is 2. The third kappa shape index (κ3) is 4.76. The molecule has 2 aromatic carbocycles. The van der Waals surface area contributed by atoms with Gasteiger partial charge in [-0.05, 0) is 75.1 Å². The van der Waals surface area contributed by atoms with Gasteiger partial charge in [-0.15, -0.1) is 0 Å². The maximum atomic E-state index is 6.03. The number of hydrogen-bond acceptors (Lipinski definition) is 3. The molecule has 0 heterocycles. The summed E-state index contributed by atoms with van der Waals surface area (Å²) in [6.45, 7) is 13.5. The van der Waals surface area contributed by atoms with E-state index in [9.17, 15) is 0 Å². The minimum absolute atomic E-state index is 0.585. The molecule has 0 saturated heterocycles. The van der Waals surface area contributed by atoms with Crippen molar-refractivity contribution >= 4 is 11.4 Å². The van der Waals surface area contributed by atoms with Crippen LogP contribution in [0.15, 0.2) is 42.5 Å². The van der Waals surface area contributed by atoms with Crippen LogP contribution in [-0.2, 0) is 13.0 Å². The Morgan fingerprint density at radius 2 is 1.20 bits per heavy atom. The van der Waals surface area contributed by atoms with E-state index >= 15 is 0 Å².